The molecule has 3 rings (SSSR count). The molecule has 0 aliphatic carbocycles. The van der Waals surface area contributed by atoms with E-state index in [2.05, 4.69) is 10.6 Å². The van der Waals surface area contributed by atoms with Crippen LogP contribution in [0.1, 0.15) is 22.8 Å². The molecule has 25 heavy (non-hydrogen) atoms. The van der Waals surface area contributed by atoms with Crippen LogP contribution in [0.3, 0.4) is 0 Å². The van der Waals surface area contributed by atoms with Crippen molar-refractivity contribution in [1.29, 1.82) is 0 Å². The van der Waals surface area contributed by atoms with Gasteiger partial charge in [0.25, 0.3) is 5.91 Å². The summed E-state index contributed by atoms with van der Waals surface area (Å²) in [5, 5.41) is 15.1. The smallest absolute Gasteiger partial charge is 0.423 e. The minimum Gasteiger partial charge on any atom is -0.423 e. The lowest BCUT2D eigenvalue weighted by Gasteiger charge is -2.09. The van der Waals surface area contributed by atoms with Crippen molar-refractivity contribution in [2.45, 2.75) is 13.5 Å². The zero-order valence-corrected chi connectivity index (χ0v) is 13.9. The zero-order chi connectivity index (χ0) is 17.8. The standard InChI is InChI=1S/C18H19BN2O4/c1-12(22)20-7-8-21-18(23)15-4-2-3-13(9-15)14-5-6-17-16(10-14)11-25-19(17)24/h2-6,9-10,24H,7-8,11H2,1H3,(H,20,22)(H,21,23). The van der Waals surface area contributed by atoms with E-state index >= 15 is 0 Å². The Bertz CT molecular complexity index is 809. The summed E-state index contributed by atoms with van der Waals surface area (Å²) in [4.78, 5) is 23.0. The van der Waals surface area contributed by atoms with E-state index in [-0.39, 0.29) is 11.8 Å². The first-order valence-corrected chi connectivity index (χ1v) is 8.10. The molecule has 0 aromatic heterocycles. The lowest BCUT2D eigenvalue weighted by atomic mass is 9.79. The summed E-state index contributed by atoms with van der Waals surface area (Å²) in [6, 6.07) is 13.1. The van der Waals surface area contributed by atoms with Gasteiger partial charge in [-0.15, -0.1) is 0 Å². The first-order valence-electron chi connectivity index (χ1n) is 8.10. The molecule has 1 aliphatic heterocycles. The average molecular weight is 338 g/mol. The van der Waals surface area contributed by atoms with Gasteiger partial charge in [0.05, 0.1) is 6.61 Å². The Hall–Kier alpha value is -2.64. The summed E-state index contributed by atoms with van der Waals surface area (Å²) in [6.07, 6.45) is 0. The average Bonchev–Trinajstić information content (AvgIpc) is 2.99. The summed E-state index contributed by atoms with van der Waals surface area (Å²) in [5.74, 6) is -0.311. The molecule has 0 radical (unpaired) electrons. The SMILES string of the molecule is CC(=O)NCCNC(=O)c1cccc(-c2ccc3c(c2)COB3O)c1. The highest BCUT2D eigenvalue weighted by atomic mass is 16.5. The summed E-state index contributed by atoms with van der Waals surface area (Å²) >= 11 is 0. The maximum Gasteiger partial charge on any atom is 0.491 e. The van der Waals surface area contributed by atoms with Crippen LogP contribution in [-0.4, -0.2) is 37.0 Å². The molecule has 0 bridgehead atoms. The van der Waals surface area contributed by atoms with Gasteiger partial charge in [-0.1, -0.05) is 24.3 Å². The molecule has 0 saturated carbocycles. The van der Waals surface area contributed by atoms with Gasteiger partial charge in [0, 0.05) is 25.6 Å². The number of amides is 2. The lowest BCUT2D eigenvalue weighted by molar-refractivity contribution is -0.118. The quantitative estimate of drug-likeness (QED) is 0.545. The molecule has 1 heterocycles. The number of fused-ring (bicyclic) bond motifs is 1. The monoisotopic (exact) mass is 338 g/mol. The van der Waals surface area contributed by atoms with Crippen molar-refractivity contribution in [3.63, 3.8) is 0 Å². The third-order valence-corrected chi connectivity index (χ3v) is 4.05. The summed E-state index contributed by atoms with van der Waals surface area (Å²) in [5.41, 5.74) is 4.17. The molecule has 1 aliphatic rings. The second kappa shape index (κ2) is 7.50. The van der Waals surface area contributed by atoms with Crippen molar-refractivity contribution >= 4 is 24.4 Å². The Labute approximate surface area is 146 Å². The van der Waals surface area contributed by atoms with Crippen molar-refractivity contribution in [1.82, 2.24) is 10.6 Å². The van der Waals surface area contributed by atoms with Crippen LogP contribution >= 0.6 is 0 Å². The highest BCUT2D eigenvalue weighted by Gasteiger charge is 2.27. The highest BCUT2D eigenvalue weighted by Crippen LogP contribution is 2.23. The summed E-state index contributed by atoms with van der Waals surface area (Å²) in [7, 11) is -0.857. The van der Waals surface area contributed by atoms with Gasteiger partial charge in [-0.05, 0) is 40.4 Å². The molecule has 0 unspecified atom stereocenters. The van der Waals surface area contributed by atoms with Gasteiger partial charge in [-0.3, -0.25) is 9.59 Å². The predicted molar refractivity (Wildman–Crippen MR) is 95.3 cm³/mol. The predicted octanol–water partition coefficient (Wildman–Crippen LogP) is 0.437. The first-order chi connectivity index (χ1) is 12.0. The maximum absolute atomic E-state index is 12.2. The van der Waals surface area contributed by atoms with Gasteiger partial charge in [0.1, 0.15) is 0 Å². The Balaban J connectivity index is 1.71. The molecular weight excluding hydrogens is 319 g/mol. The number of hydrogen-bond donors (Lipinski definition) is 3. The normalized spacial score (nSPS) is 12.6. The maximum atomic E-state index is 12.2. The van der Waals surface area contributed by atoms with E-state index in [4.69, 9.17) is 4.65 Å². The van der Waals surface area contributed by atoms with Gasteiger partial charge >= 0.3 is 7.12 Å². The third kappa shape index (κ3) is 4.07. The largest absolute Gasteiger partial charge is 0.491 e. The zero-order valence-electron chi connectivity index (χ0n) is 13.9. The van der Waals surface area contributed by atoms with E-state index in [0.717, 1.165) is 22.2 Å². The number of rotatable bonds is 5. The van der Waals surface area contributed by atoms with Crippen LogP contribution in [0.5, 0.6) is 0 Å². The van der Waals surface area contributed by atoms with E-state index in [0.29, 0.717) is 25.3 Å². The number of benzene rings is 2. The fourth-order valence-corrected chi connectivity index (χ4v) is 2.77. The second-order valence-electron chi connectivity index (χ2n) is 5.90. The van der Waals surface area contributed by atoms with E-state index in [1.165, 1.54) is 6.92 Å². The van der Waals surface area contributed by atoms with E-state index < -0.39 is 7.12 Å². The van der Waals surface area contributed by atoms with Crippen LogP contribution in [0.15, 0.2) is 42.5 Å². The van der Waals surface area contributed by atoms with Crippen molar-refractivity contribution in [3.05, 3.63) is 53.6 Å². The molecule has 0 fully saturated rings. The van der Waals surface area contributed by atoms with E-state index in [9.17, 15) is 14.6 Å². The molecule has 2 aromatic rings. The minimum absolute atomic E-state index is 0.123. The van der Waals surface area contributed by atoms with E-state index in [1.54, 1.807) is 6.07 Å². The van der Waals surface area contributed by atoms with Crippen LogP contribution < -0.4 is 16.1 Å². The topological polar surface area (TPSA) is 87.7 Å². The van der Waals surface area contributed by atoms with Gasteiger partial charge in [0.2, 0.25) is 5.91 Å². The molecule has 0 saturated heterocycles. The van der Waals surface area contributed by atoms with Crippen LogP contribution in [0.4, 0.5) is 0 Å². The number of nitrogens with one attached hydrogen (secondary N) is 2. The Morgan fingerprint density at radius 1 is 1.12 bits per heavy atom. The van der Waals surface area contributed by atoms with Gasteiger partial charge in [-0.25, -0.2) is 0 Å². The lowest BCUT2D eigenvalue weighted by Crippen LogP contribution is -2.33. The Morgan fingerprint density at radius 2 is 1.88 bits per heavy atom. The van der Waals surface area contributed by atoms with Crippen LogP contribution in [0.2, 0.25) is 0 Å². The van der Waals surface area contributed by atoms with Crippen LogP contribution in [0, 0.1) is 0 Å². The van der Waals surface area contributed by atoms with Crippen molar-refractivity contribution in [2.24, 2.45) is 0 Å². The Kier molecular flexibility index (Phi) is 5.16. The van der Waals surface area contributed by atoms with Crippen molar-refractivity contribution in [3.8, 4) is 11.1 Å². The third-order valence-electron chi connectivity index (χ3n) is 4.05. The van der Waals surface area contributed by atoms with Gasteiger partial charge in [0.15, 0.2) is 0 Å². The fraction of sp³-hybridized carbons (Fsp3) is 0.222. The first kappa shape index (κ1) is 17.2. The Morgan fingerprint density at radius 3 is 2.68 bits per heavy atom. The molecule has 128 valence electrons. The van der Waals surface area contributed by atoms with Crippen molar-refractivity contribution in [2.75, 3.05) is 13.1 Å². The van der Waals surface area contributed by atoms with Gasteiger partial charge in [-0.2, -0.15) is 0 Å². The van der Waals surface area contributed by atoms with E-state index in [1.807, 2.05) is 36.4 Å². The van der Waals surface area contributed by atoms with Gasteiger partial charge < -0.3 is 20.3 Å². The summed E-state index contributed by atoms with van der Waals surface area (Å²) < 4.78 is 5.21. The fourth-order valence-electron chi connectivity index (χ4n) is 2.77. The molecule has 2 amide bonds. The molecule has 2 aromatic carbocycles. The molecule has 3 N–H and O–H groups in total. The highest BCUT2D eigenvalue weighted by molar-refractivity contribution is 6.61. The van der Waals surface area contributed by atoms with Crippen LogP contribution in [-0.2, 0) is 16.1 Å². The summed E-state index contributed by atoms with van der Waals surface area (Å²) in [6.45, 7) is 2.59. The molecule has 0 spiro atoms. The number of carbonyl (C=O) groups is 2. The molecule has 7 heteroatoms. The van der Waals surface area contributed by atoms with Crippen LogP contribution in [0.25, 0.3) is 11.1 Å². The minimum atomic E-state index is -0.857. The number of hydrogen-bond acceptors (Lipinski definition) is 4. The number of carbonyl (C=O) groups excluding carboxylic acids is 2. The molecule has 0 atom stereocenters. The van der Waals surface area contributed by atoms with Crippen molar-refractivity contribution < 1.29 is 19.3 Å². The second-order valence-corrected chi connectivity index (χ2v) is 5.90. The molecule has 6 nitrogen and oxygen atoms in total. The molecular formula is C18H19BN2O4.